The van der Waals surface area contributed by atoms with Crippen molar-refractivity contribution >= 4 is 0 Å². The van der Waals surface area contributed by atoms with Gasteiger partial charge in [0.15, 0.2) is 0 Å². The van der Waals surface area contributed by atoms with Gasteiger partial charge in [0.2, 0.25) is 0 Å². The molecule has 0 aliphatic carbocycles. The van der Waals surface area contributed by atoms with Gasteiger partial charge in [-0.05, 0) is 45.2 Å². The maximum absolute atomic E-state index is 5.72. The fraction of sp³-hybridized carbons (Fsp3) is 1.00. The van der Waals surface area contributed by atoms with Gasteiger partial charge in [0.25, 0.3) is 0 Å². The molecule has 2 unspecified atom stereocenters. The average Bonchev–Trinajstić information content (AvgIpc) is 2.57. The number of ether oxygens (including phenoxy) is 1. The van der Waals surface area contributed by atoms with Crippen molar-refractivity contribution in [2.45, 2.75) is 45.6 Å². The zero-order valence-electron chi connectivity index (χ0n) is 9.01. The first-order chi connectivity index (χ1) is 6.33. The summed E-state index contributed by atoms with van der Waals surface area (Å²) in [7, 11) is 0. The Hall–Kier alpha value is -0.0800. The van der Waals surface area contributed by atoms with Crippen LogP contribution in [0.5, 0.6) is 0 Å². The van der Waals surface area contributed by atoms with Crippen molar-refractivity contribution in [3.05, 3.63) is 0 Å². The van der Waals surface area contributed by atoms with E-state index in [9.17, 15) is 0 Å². The molecule has 2 heteroatoms. The number of rotatable bonds is 6. The summed E-state index contributed by atoms with van der Waals surface area (Å²) < 4.78 is 5.72. The van der Waals surface area contributed by atoms with Crippen LogP contribution in [0, 0.1) is 5.92 Å². The molecule has 0 radical (unpaired) electrons. The number of hydrogen-bond donors (Lipinski definition) is 1. The molecule has 0 bridgehead atoms. The Balaban J connectivity index is 1.93. The monoisotopic (exact) mass is 185 g/mol. The molecule has 1 heterocycles. The van der Waals surface area contributed by atoms with E-state index in [0.29, 0.717) is 6.10 Å². The summed E-state index contributed by atoms with van der Waals surface area (Å²) >= 11 is 0. The highest BCUT2D eigenvalue weighted by Gasteiger charge is 2.14. The van der Waals surface area contributed by atoms with Crippen LogP contribution in [0.1, 0.15) is 39.5 Å². The van der Waals surface area contributed by atoms with Gasteiger partial charge in [0, 0.05) is 6.61 Å². The Morgan fingerprint density at radius 1 is 1.54 bits per heavy atom. The highest BCUT2D eigenvalue weighted by atomic mass is 16.5. The van der Waals surface area contributed by atoms with Crippen LogP contribution in [-0.2, 0) is 4.74 Å². The summed E-state index contributed by atoms with van der Waals surface area (Å²) in [6, 6.07) is 0. The molecule has 0 spiro atoms. The minimum atomic E-state index is 0.458. The van der Waals surface area contributed by atoms with E-state index in [1.807, 2.05) is 0 Å². The predicted octanol–water partition coefficient (Wildman–Crippen LogP) is 2.19. The standard InChI is InChI=1S/C11H23NO/c1-3-4-10(2)13-8-6-11-5-7-12-9-11/h10-12H,3-9H2,1-2H3. The topological polar surface area (TPSA) is 21.3 Å². The first kappa shape index (κ1) is 11.0. The van der Waals surface area contributed by atoms with Crippen molar-refractivity contribution in [1.82, 2.24) is 5.32 Å². The van der Waals surface area contributed by atoms with Crippen molar-refractivity contribution < 1.29 is 4.74 Å². The van der Waals surface area contributed by atoms with Gasteiger partial charge in [0.05, 0.1) is 6.10 Å². The molecule has 1 N–H and O–H groups in total. The summed E-state index contributed by atoms with van der Waals surface area (Å²) in [5.41, 5.74) is 0. The molecule has 2 atom stereocenters. The molecule has 0 aromatic rings. The SMILES string of the molecule is CCCC(C)OCCC1CCNC1. The van der Waals surface area contributed by atoms with E-state index in [1.54, 1.807) is 0 Å². The van der Waals surface area contributed by atoms with Gasteiger partial charge in [-0.3, -0.25) is 0 Å². The highest BCUT2D eigenvalue weighted by molar-refractivity contribution is 4.70. The summed E-state index contributed by atoms with van der Waals surface area (Å²) in [4.78, 5) is 0. The van der Waals surface area contributed by atoms with Crippen LogP contribution < -0.4 is 5.32 Å². The Labute approximate surface area is 82.0 Å². The predicted molar refractivity (Wildman–Crippen MR) is 55.9 cm³/mol. The lowest BCUT2D eigenvalue weighted by atomic mass is 10.1. The molecule has 1 fully saturated rings. The highest BCUT2D eigenvalue weighted by Crippen LogP contribution is 2.12. The molecule has 2 nitrogen and oxygen atoms in total. The van der Waals surface area contributed by atoms with E-state index in [-0.39, 0.29) is 0 Å². The lowest BCUT2D eigenvalue weighted by Crippen LogP contribution is -2.14. The van der Waals surface area contributed by atoms with E-state index in [0.717, 1.165) is 12.5 Å². The lowest BCUT2D eigenvalue weighted by Gasteiger charge is -2.13. The summed E-state index contributed by atoms with van der Waals surface area (Å²) in [5, 5.41) is 3.38. The van der Waals surface area contributed by atoms with Gasteiger partial charge in [-0.25, -0.2) is 0 Å². The third kappa shape index (κ3) is 4.63. The van der Waals surface area contributed by atoms with Crippen LogP contribution in [0.15, 0.2) is 0 Å². The molecule has 78 valence electrons. The quantitative estimate of drug-likeness (QED) is 0.685. The van der Waals surface area contributed by atoms with Crippen LogP contribution in [0.3, 0.4) is 0 Å². The van der Waals surface area contributed by atoms with Crippen LogP contribution in [-0.4, -0.2) is 25.8 Å². The molecule has 1 saturated heterocycles. The van der Waals surface area contributed by atoms with E-state index in [4.69, 9.17) is 4.74 Å². The zero-order valence-corrected chi connectivity index (χ0v) is 9.01. The van der Waals surface area contributed by atoms with E-state index in [1.165, 1.54) is 38.8 Å². The van der Waals surface area contributed by atoms with Crippen molar-refractivity contribution in [3.8, 4) is 0 Å². The normalized spacial score (nSPS) is 24.9. The molecule has 0 saturated carbocycles. The Kier molecular flexibility index (Phi) is 5.40. The van der Waals surface area contributed by atoms with Crippen molar-refractivity contribution in [3.63, 3.8) is 0 Å². The summed E-state index contributed by atoms with van der Waals surface area (Å²) in [6.07, 6.45) is 5.46. The second kappa shape index (κ2) is 6.39. The zero-order chi connectivity index (χ0) is 9.52. The maximum atomic E-state index is 5.72. The Bertz CT molecular complexity index is 121. The van der Waals surface area contributed by atoms with Crippen LogP contribution >= 0.6 is 0 Å². The number of hydrogen-bond acceptors (Lipinski definition) is 2. The number of nitrogens with one attached hydrogen (secondary N) is 1. The molecular formula is C11H23NO. The van der Waals surface area contributed by atoms with Crippen LogP contribution in [0.2, 0.25) is 0 Å². The minimum absolute atomic E-state index is 0.458. The lowest BCUT2D eigenvalue weighted by molar-refractivity contribution is 0.0519. The van der Waals surface area contributed by atoms with Gasteiger partial charge in [-0.1, -0.05) is 13.3 Å². The molecule has 1 aliphatic rings. The maximum Gasteiger partial charge on any atom is 0.0546 e. The Morgan fingerprint density at radius 3 is 3.00 bits per heavy atom. The van der Waals surface area contributed by atoms with Crippen LogP contribution in [0.25, 0.3) is 0 Å². The fourth-order valence-electron chi connectivity index (χ4n) is 1.89. The second-order valence-corrected chi connectivity index (χ2v) is 4.12. The molecular weight excluding hydrogens is 162 g/mol. The summed E-state index contributed by atoms with van der Waals surface area (Å²) in [5.74, 6) is 0.869. The van der Waals surface area contributed by atoms with E-state index >= 15 is 0 Å². The third-order valence-corrected chi connectivity index (χ3v) is 2.79. The van der Waals surface area contributed by atoms with E-state index < -0.39 is 0 Å². The van der Waals surface area contributed by atoms with Crippen molar-refractivity contribution in [2.75, 3.05) is 19.7 Å². The molecule has 0 aromatic carbocycles. The Morgan fingerprint density at radius 2 is 2.38 bits per heavy atom. The minimum Gasteiger partial charge on any atom is -0.378 e. The summed E-state index contributed by atoms with van der Waals surface area (Å²) in [6.45, 7) is 7.74. The average molecular weight is 185 g/mol. The van der Waals surface area contributed by atoms with Crippen molar-refractivity contribution in [2.24, 2.45) is 5.92 Å². The first-order valence-corrected chi connectivity index (χ1v) is 5.65. The first-order valence-electron chi connectivity index (χ1n) is 5.65. The molecule has 0 aromatic heterocycles. The van der Waals surface area contributed by atoms with E-state index in [2.05, 4.69) is 19.2 Å². The fourth-order valence-corrected chi connectivity index (χ4v) is 1.89. The van der Waals surface area contributed by atoms with Crippen molar-refractivity contribution in [1.29, 1.82) is 0 Å². The molecule has 1 aliphatic heterocycles. The van der Waals surface area contributed by atoms with Gasteiger partial charge < -0.3 is 10.1 Å². The largest absolute Gasteiger partial charge is 0.378 e. The van der Waals surface area contributed by atoms with Gasteiger partial charge >= 0.3 is 0 Å². The second-order valence-electron chi connectivity index (χ2n) is 4.12. The molecule has 0 amide bonds. The third-order valence-electron chi connectivity index (χ3n) is 2.79. The van der Waals surface area contributed by atoms with Gasteiger partial charge in [0.1, 0.15) is 0 Å². The van der Waals surface area contributed by atoms with Crippen LogP contribution in [0.4, 0.5) is 0 Å². The van der Waals surface area contributed by atoms with Gasteiger partial charge in [-0.2, -0.15) is 0 Å². The van der Waals surface area contributed by atoms with Gasteiger partial charge in [-0.15, -0.1) is 0 Å². The molecule has 13 heavy (non-hydrogen) atoms. The smallest absolute Gasteiger partial charge is 0.0546 e. The molecule has 1 rings (SSSR count).